The van der Waals surface area contributed by atoms with Crippen LogP contribution in [0.1, 0.15) is 45.4 Å². The molecule has 4 aliphatic rings. The molecule has 4 aliphatic carbocycles. The van der Waals surface area contributed by atoms with Crippen molar-refractivity contribution in [3.05, 3.63) is 46.9 Å². The lowest BCUT2D eigenvalue weighted by molar-refractivity contribution is -0.123. The minimum atomic E-state index is -0.243. The Labute approximate surface area is 196 Å². The Balaban J connectivity index is 1.15. The number of carbonyl (C=O) groups excluding carboxylic acids is 1. The maximum absolute atomic E-state index is 12.8. The van der Waals surface area contributed by atoms with E-state index in [0.29, 0.717) is 16.2 Å². The summed E-state index contributed by atoms with van der Waals surface area (Å²) in [5, 5.41) is 8.50. The van der Waals surface area contributed by atoms with Gasteiger partial charge in [-0.1, -0.05) is 30.0 Å². The van der Waals surface area contributed by atoms with Crippen LogP contribution in [-0.4, -0.2) is 37.5 Å². The second-order valence-electron chi connectivity index (χ2n) is 10.4. The van der Waals surface area contributed by atoms with E-state index >= 15 is 0 Å². The van der Waals surface area contributed by atoms with E-state index in [1.54, 1.807) is 4.68 Å². The zero-order valence-electron chi connectivity index (χ0n) is 18.8. The summed E-state index contributed by atoms with van der Waals surface area (Å²) < 4.78 is 1.66. The number of aromatic amines is 1. The van der Waals surface area contributed by atoms with Crippen molar-refractivity contribution in [2.45, 2.75) is 56.6 Å². The van der Waals surface area contributed by atoms with Crippen molar-refractivity contribution in [1.29, 1.82) is 0 Å². The predicted octanol–water partition coefficient (Wildman–Crippen LogP) is 3.92. The molecule has 7 nitrogen and oxygen atoms in total. The van der Waals surface area contributed by atoms with E-state index in [-0.39, 0.29) is 28.7 Å². The molecule has 1 aromatic carbocycles. The van der Waals surface area contributed by atoms with Crippen molar-refractivity contribution in [3.8, 4) is 5.69 Å². The average Bonchev–Trinajstić information content (AvgIpc) is 3.22. The van der Waals surface area contributed by atoms with Gasteiger partial charge in [0.05, 0.1) is 17.6 Å². The number of amides is 1. The second kappa shape index (κ2) is 8.01. The Morgan fingerprint density at radius 2 is 1.85 bits per heavy atom. The number of H-pyrrole nitrogens is 1. The molecule has 2 N–H and O–H groups in total. The molecule has 0 aliphatic heterocycles. The highest BCUT2D eigenvalue weighted by atomic mass is 32.2. The molecule has 1 atom stereocenters. The zero-order valence-corrected chi connectivity index (χ0v) is 19.6. The van der Waals surface area contributed by atoms with Crippen molar-refractivity contribution < 1.29 is 4.79 Å². The van der Waals surface area contributed by atoms with Gasteiger partial charge in [-0.15, -0.1) is 0 Å². The number of para-hydroxylation sites is 1. The van der Waals surface area contributed by atoms with Crippen molar-refractivity contribution >= 4 is 28.7 Å². The number of aromatic nitrogens is 4. The van der Waals surface area contributed by atoms with E-state index in [2.05, 4.69) is 27.3 Å². The van der Waals surface area contributed by atoms with Crippen LogP contribution < -0.4 is 10.9 Å². The molecule has 4 fully saturated rings. The van der Waals surface area contributed by atoms with Crippen LogP contribution in [0.4, 0.5) is 0 Å². The van der Waals surface area contributed by atoms with E-state index in [1.165, 1.54) is 56.5 Å². The molecule has 4 bridgehead atoms. The maximum Gasteiger partial charge on any atom is 0.262 e. The summed E-state index contributed by atoms with van der Waals surface area (Å²) in [7, 11) is 0. The molecule has 0 saturated heterocycles. The maximum atomic E-state index is 12.8. The minimum Gasteiger partial charge on any atom is -0.352 e. The fourth-order valence-corrected chi connectivity index (χ4v) is 7.67. The first kappa shape index (κ1) is 21.0. The third-order valence-electron chi connectivity index (χ3n) is 8.14. The zero-order chi connectivity index (χ0) is 22.6. The molecule has 2 heterocycles. The summed E-state index contributed by atoms with van der Waals surface area (Å²) in [6, 6.07) is 9.79. The largest absolute Gasteiger partial charge is 0.352 e. The van der Waals surface area contributed by atoms with E-state index < -0.39 is 0 Å². The molecule has 2 aromatic heterocycles. The first-order chi connectivity index (χ1) is 16.0. The summed E-state index contributed by atoms with van der Waals surface area (Å²) >= 11 is 1.26. The van der Waals surface area contributed by atoms with Gasteiger partial charge in [-0.05, 0) is 80.8 Å². The van der Waals surface area contributed by atoms with E-state index in [4.69, 9.17) is 0 Å². The van der Waals surface area contributed by atoms with Gasteiger partial charge in [0, 0.05) is 6.04 Å². The van der Waals surface area contributed by atoms with Gasteiger partial charge in [-0.25, -0.2) is 9.67 Å². The van der Waals surface area contributed by atoms with Crippen LogP contribution in [0.3, 0.4) is 0 Å². The van der Waals surface area contributed by atoms with Gasteiger partial charge in [0.1, 0.15) is 5.39 Å². The van der Waals surface area contributed by atoms with Crippen molar-refractivity contribution in [2.24, 2.45) is 23.2 Å². The van der Waals surface area contributed by atoms with Gasteiger partial charge >= 0.3 is 0 Å². The van der Waals surface area contributed by atoms with Crippen molar-refractivity contribution in [2.75, 3.05) is 5.75 Å². The van der Waals surface area contributed by atoms with E-state index in [1.807, 2.05) is 30.3 Å². The molecule has 0 radical (unpaired) electrons. The fourth-order valence-electron chi connectivity index (χ4n) is 7.00. The number of hydrogen-bond donors (Lipinski definition) is 2. The first-order valence-corrected chi connectivity index (χ1v) is 12.9. The summed E-state index contributed by atoms with van der Waals surface area (Å²) in [6.07, 6.45) is 9.53. The van der Waals surface area contributed by atoms with Gasteiger partial charge in [-0.3, -0.25) is 9.59 Å². The van der Waals surface area contributed by atoms with Gasteiger partial charge in [-0.2, -0.15) is 5.10 Å². The first-order valence-electron chi connectivity index (χ1n) is 11.9. The average molecular weight is 464 g/mol. The number of thioether (sulfide) groups is 1. The third-order valence-corrected chi connectivity index (χ3v) is 9.01. The predicted molar refractivity (Wildman–Crippen MR) is 128 cm³/mol. The standard InChI is InChI=1S/C25H29N5O2S/c1-15(25-10-16-7-17(11-25)9-18(8-16)12-25)27-21(31)14-33-24-28-22-20(23(32)29-24)13-26-30(22)19-5-3-2-4-6-19/h2-6,13,15-18H,7-12,14H2,1H3,(H,27,31)(H,28,29,32)/t15-,16?,17?,18?,25?/m0/s1. The normalized spacial score (nSPS) is 28.8. The Morgan fingerprint density at radius 3 is 2.52 bits per heavy atom. The van der Waals surface area contributed by atoms with Gasteiger partial charge in [0.25, 0.3) is 5.56 Å². The van der Waals surface area contributed by atoms with Crippen LogP contribution in [-0.2, 0) is 4.79 Å². The fraction of sp³-hybridized carbons (Fsp3) is 0.520. The Bertz CT molecular complexity index is 1220. The molecule has 7 rings (SSSR count). The number of hydrogen-bond acceptors (Lipinski definition) is 5. The SMILES string of the molecule is C[C@H](NC(=O)CSc1nc2c(cnn2-c2ccccc2)c(=O)[nH]1)C12CC3CC(CC(C3)C1)C2. The molecule has 0 spiro atoms. The molecular formula is C25H29N5O2S. The molecule has 4 saturated carbocycles. The Morgan fingerprint density at radius 1 is 1.18 bits per heavy atom. The van der Waals surface area contributed by atoms with Crippen LogP contribution >= 0.6 is 11.8 Å². The number of fused-ring (bicyclic) bond motifs is 1. The molecule has 1 amide bonds. The van der Waals surface area contributed by atoms with Crippen molar-refractivity contribution in [1.82, 2.24) is 25.1 Å². The highest BCUT2D eigenvalue weighted by Crippen LogP contribution is 2.61. The van der Waals surface area contributed by atoms with Crippen LogP contribution in [0.2, 0.25) is 0 Å². The number of carbonyl (C=O) groups is 1. The molecule has 3 aromatic rings. The van der Waals surface area contributed by atoms with Crippen LogP contribution in [0.25, 0.3) is 16.7 Å². The minimum absolute atomic E-state index is 0.00237. The molecule has 8 heteroatoms. The number of benzene rings is 1. The second-order valence-corrected chi connectivity index (χ2v) is 11.3. The van der Waals surface area contributed by atoms with Crippen LogP contribution in [0, 0.1) is 23.2 Å². The van der Waals surface area contributed by atoms with E-state index in [9.17, 15) is 9.59 Å². The quantitative estimate of drug-likeness (QED) is 0.427. The van der Waals surface area contributed by atoms with Crippen LogP contribution in [0.15, 0.2) is 46.5 Å². The lowest BCUT2D eigenvalue weighted by Gasteiger charge is -2.59. The third kappa shape index (κ3) is 3.78. The lowest BCUT2D eigenvalue weighted by Crippen LogP contribution is -2.56. The van der Waals surface area contributed by atoms with Gasteiger partial charge < -0.3 is 10.3 Å². The molecule has 33 heavy (non-hydrogen) atoms. The number of nitrogens with one attached hydrogen (secondary N) is 2. The van der Waals surface area contributed by atoms with E-state index in [0.717, 1.165) is 23.4 Å². The summed E-state index contributed by atoms with van der Waals surface area (Å²) in [5.41, 5.74) is 1.37. The van der Waals surface area contributed by atoms with Gasteiger partial charge in [0.2, 0.25) is 5.91 Å². The number of rotatable bonds is 6. The Hall–Kier alpha value is -2.61. The highest BCUT2D eigenvalue weighted by molar-refractivity contribution is 7.99. The van der Waals surface area contributed by atoms with Gasteiger partial charge in [0.15, 0.2) is 10.8 Å². The highest BCUT2D eigenvalue weighted by Gasteiger charge is 2.53. The molecule has 172 valence electrons. The van der Waals surface area contributed by atoms with Crippen molar-refractivity contribution in [3.63, 3.8) is 0 Å². The van der Waals surface area contributed by atoms with Crippen LogP contribution in [0.5, 0.6) is 0 Å². The lowest BCUT2D eigenvalue weighted by atomic mass is 9.48. The summed E-state index contributed by atoms with van der Waals surface area (Å²) in [4.78, 5) is 32.8. The Kier molecular flexibility index (Phi) is 5.09. The summed E-state index contributed by atoms with van der Waals surface area (Å²) in [5.74, 6) is 2.81. The number of nitrogens with zero attached hydrogens (tertiary/aromatic N) is 3. The topological polar surface area (TPSA) is 92.7 Å². The molecule has 0 unspecified atom stereocenters. The molecular weight excluding hydrogens is 434 g/mol. The smallest absolute Gasteiger partial charge is 0.262 e. The summed E-state index contributed by atoms with van der Waals surface area (Å²) in [6.45, 7) is 2.19. The monoisotopic (exact) mass is 463 g/mol.